The first-order chi connectivity index (χ1) is 8.90. The molecule has 2 N–H and O–H groups in total. The lowest BCUT2D eigenvalue weighted by atomic mass is 10.2. The Labute approximate surface area is 114 Å². The van der Waals surface area contributed by atoms with E-state index in [2.05, 4.69) is 5.32 Å². The molecule has 2 atom stereocenters. The normalized spacial score (nSPS) is 21.8. The number of ether oxygens (including phenoxy) is 3. The average Bonchev–Trinajstić information content (AvgIpc) is 2.33. The van der Waals surface area contributed by atoms with E-state index < -0.39 is 17.7 Å². The van der Waals surface area contributed by atoms with Crippen LogP contribution in [0.5, 0.6) is 0 Å². The second-order valence-electron chi connectivity index (χ2n) is 5.66. The Kier molecular flexibility index (Phi) is 6.54. The first-order valence-electron chi connectivity index (χ1n) is 6.74. The van der Waals surface area contributed by atoms with Gasteiger partial charge in [0.1, 0.15) is 5.60 Å². The van der Waals surface area contributed by atoms with Crippen LogP contribution in [0.25, 0.3) is 0 Å². The number of carbonyl (C=O) groups excluding carboxylic acids is 1. The molecule has 6 heteroatoms. The van der Waals surface area contributed by atoms with Crippen LogP contribution in [0.4, 0.5) is 4.79 Å². The van der Waals surface area contributed by atoms with Gasteiger partial charge in [0, 0.05) is 6.61 Å². The van der Waals surface area contributed by atoms with Gasteiger partial charge in [-0.05, 0) is 40.0 Å². The van der Waals surface area contributed by atoms with Crippen LogP contribution in [0.15, 0.2) is 0 Å². The second-order valence-corrected chi connectivity index (χ2v) is 5.66. The van der Waals surface area contributed by atoms with E-state index in [-0.39, 0.29) is 19.5 Å². The summed E-state index contributed by atoms with van der Waals surface area (Å²) in [5.41, 5.74) is -0.558. The van der Waals surface area contributed by atoms with Crippen molar-refractivity contribution in [3.63, 3.8) is 0 Å². The molecule has 19 heavy (non-hydrogen) atoms. The van der Waals surface area contributed by atoms with E-state index in [0.29, 0.717) is 6.61 Å². The predicted molar refractivity (Wildman–Crippen MR) is 69.8 cm³/mol. The molecule has 0 radical (unpaired) electrons. The third-order valence-corrected chi connectivity index (χ3v) is 2.56. The van der Waals surface area contributed by atoms with Gasteiger partial charge >= 0.3 is 6.09 Å². The maximum Gasteiger partial charge on any atom is 0.408 e. The molecule has 1 rings (SSSR count). The molecular weight excluding hydrogens is 250 g/mol. The van der Waals surface area contributed by atoms with Crippen molar-refractivity contribution in [3.8, 4) is 0 Å². The van der Waals surface area contributed by atoms with E-state index >= 15 is 0 Å². The average molecular weight is 275 g/mol. The summed E-state index contributed by atoms with van der Waals surface area (Å²) in [6.45, 7) is 6.06. The summed E-state index contributed by atoms with van der Waals surface area (Å²) in [6.07, 6.45) is 2.20. The number of alkyl carbamates (subject to hydrolysis) is 1. The minimum atomic E-state index is -0.558. The minimum Gasteiger partial charge on any atom is -0.444 e. The van der Waals surface area contributed by atoms with Gasteiger partial charge in [0.05, 0.1) is 19.3 Å². The van der Waals surface area contributed by atoms with Gasteiger partial charge < -0.3 is 24.6 Å². The summed E-state index contributed by atoms with van der Waals surface area (Å²) in [7, 11) is 0. The number of aliphatic hydroxyl groups excluding tert-OH is 1. The molecular formula is C13H25NO5. The fourth-order valence-corrected chi connectivity index (χ4v) is 1.68. The zero-order valence-electron chi connectivity index (χ0n) is 12.0. The van der Waals surface area contributed by atoms with Gasteiger partial charge in [-0.15, -0.1) is 0 Å². The molecule has 1 fully saturated rings. The molecule has 0 spiro atoms. The van der Waals surface area contributed by atoms with Gasteiger partial charge in [-0.2, -0.15) is 0 Å². The molecule has 6 nitrogen and oxygen atoms in total. The van der Waals surface area contributed by atoms with E-state index in [1.807, 2.05) is 0 Å². The Bertz CT molecular complexity index is 271. The second kappa shape index (κ2) is 7.67. The molecule has 1 saturated heterocycles. The van der Waals surface area contributed by atoms with Crippen LogP contribution >= 0.6 is 0 Å². The summed E-state index contributed by atoms with van der Waals surface area (Å²) in [5, 5.41) is 11.8. The molecule has 1 aliphatic heterocycles. The number of rotatable bonds is 5. The van der Waals surface area contributed by atoms with Crippen LogP contribution in [0.3, 0.4) is 0 Å². The van der Waals surface area contributed by atoms with Crippen molar-refractivity contribution in [2.75, 3.05) is 19.8 Å². The fourth-order valence-electron chi connectivity index (χ4n) is 1.68. The zero-order chi connectivity index (χ0) is 14.3. The molecule has 0 aliphatic carbocycles. The van der Waals surface area contributed by atoms with Crippen LogP contribution in [0.2, 0.25) is 0 Å². The maximum atomic E-state index is 11.5. The monoisotopic (exact) mass is 275 g/mol. The Hall–Kier alpha value is -0.850. The number of aliphatic hydroxyl groups is 1. The first kappa shape index (κ1) is 16.2. The molecule has 1 aliphatic rings. The summed E-state index contributed by atoms with van der Waals surface area (Å²) in [4.78, 5) is 11.5. The molecule has 1 amide bonds. The number of carbonyl (C=O) groups is 1. The molecule has 112 valence electrons. The topological polar surface area (TPSA) is 77.0 Å². The summed E-state index contributed by atoms with van der Waals surface area (Å²) >= 11 is 0. The van der Waals surface area contributed by atoms with Crippen molar-refractivity contribution in [1.29, 1.82) is 0 Å². The van der Waals surface area contributed by atoms with Crippen molar-refractivity contribution >= 4 is 6.09 Å². The van der Waals surface area contributed by atoms with Gasteiger partial charge in [-0.3, -0.25) is 0 Å². The number of hydrogen-bond donors (Lipinski definition) is 2. The third kappa shape index (κ3) is 7.34. The van der Waals surface area contributed by atoms with E-state index in [0.717, 1.165) is 19.3 Å². The molecule has 0 saturated carbocycles. The lowest BCUT2D eigenvalue weighted by Crippen LogP contribution is -2.44. The molecule has 0 unspecified atom stereocenters. The largest absolute Gasteiger partial charge is 0.444 e. The van der Waals surface area contributed by atoms with Crippen LogP contribution < -0.4 is 5.32 Å². The number of amides is 1. The van der Waals surface area contributed by atoms with Crippen molar-refractivity contribution in [1.82, 2.24) is 5.32 Å². The predicted octanol–water partition coefficient (Wildman–Crippen LogP) is 1.42. The highest BCUT2D eigenvalue weighted by molar-refractivity contribution is 5.68. The minimum absolute atomic E-state index is 0.202. The summed E-state index contributed by atoms with van der Waals surface area (Å²) in [6, 6.07) is -0.486. The maximum absolute atomic E-state index is 11.5. The quantitative estimate of drug-likeness (QED) is 0.793. The van der Waals surface area contributed by atoms with Gasteiger partial charge in [0.2, 0.25) is 0 Å². The number of nitrogens with one attached hydrogen (secondary N) is 1. The van der Waals surface area contributed by atoms with Gasteiger partial charge in [-0.1, -0.05) is 0 Å². The summed E-state index contributed by atoms with van der Waals surface area (Å²) < 4.78 is 16.0. The number of hydrogen-bond acceptors (Lipinski definition) is 5. The summed E-state index contributed by atoms with van der Waals surface area (Å²) in [5.74, 6) is 0. The smallest absolute Gasteiger partial charge is 0.408 e. The standard InChI is InChI=1S/C13H25NO5/c1-13(2,3)19-12(16)14-10(8-15)9-18-11-6-4-5-7-17-11/h10-11,15H,4-9H2,1-3H3,(H,14,16)/t10-,11+/m1/s1. The highest BCUT2D eigenvalue weighted by atomic mass is 16.7. The van der Waals surface area contributed by atoms with Crippen molar-refractivity contribution in [2.24, 2.45) is 0 Å². The van der Waals surface area contributed by atoms with Crippen molar-refractivity contribution < 1.29 is 24.1 Å². The third-order valence-electron chi connectivity index (χ3n) is 2.56. The molecule has 0 aromatic heterocycles. The van der Waals surface area contributed by atoms with E-state index in [9.17, 15) is 9.90 Å². The van der Waals surface area contributed by atoms with Crippen LogP contribution in [-0.2, 0) is 14.2 Å². The van der Waals surface area contributed by atoms with Crippen molar-refractivity contribution in [2.45, 2.75) is 58.0 Å². The van der Waals surface area contributed by atoms with Gasteiger partial charge in [-0.25, -0.2) is 4.79 Å². The Morgan fingerprint density at radius 1 is 1.47 bits per heavy atom. The van der Waals surface area contributed by atoms with Crippen LogP contribution in [0, 0.1) is 0 Å². The Morgan fingerprint density at radius 3 is 2.74 bits per heavy atom. The van der Waals surface area contributed by atoms with E-state index in [1.165, 1.54) is 0 Å². The first-order valence-corrected chi connectivity index (χ1v) is 6.74. The lowest BCUT2D eigenvalue weighted by Gasteiger charge is -2.26. The lowest BCUT2D eigenvalue weighted by molar-refractivity contribution is -0.167. The molecule has 0 bridgehead atoms. The highest BCUT2D eigenvalue weighted by Gasteiger charge is 2.21. The zero-order valence-corrected chi connectivity index (χ0v) is 12.0. The van der Waals surface area contributed by atoms with Crippen LogP contribution in [-0.4, -0.2) is 49.0 Å². The van der Waals surface area contributed by atoms with Gasteiger partial charge in [0.15, 0.2) is 6.29 Å². The highest BCUT2D eigenvalue weighted by Crippen LogP contribution is 2.14. The van der Waals surface area contributed by atoms with E-state index in [4.69, 9.17) is 14.2 Å². The fraction of sp³-hybridized carbons (Fsp3) is 0.923. The van der Waals surface area contributed by atoms with Crippen molar-refractivity contribution in [3.05, 3.63) is 0 Å². The Morgan fingerprint density at radius 2 is 2.21 bits per heavy atom. The van der Waals surface area contributed by atoms with E-state index in [1.54, 1.807) is 20.8 Å². The molecule has 0 aromatic carbocycles. The molecule has 0 aromatic rings. The SMILES string of the molecule is CC(C)(C)OC(=O)N[C@H](CO)CO[C@H]1CCCCO1. The van der Waals surface area contributed by atoms with Gasteiger partial charge in [0.25, 0.3) is 0 Å². The Balaban J connectivity index is 2.26. The van der Waals surface area contributed by atoms with Crippen LogP contribution in [0.1, 0.15) is 40.0 Å². The molecule has 1 heterocycles.